The molecule has 132 valence electrons. The van der Waals surface area contributed by atoms with E-state index in [4.69, 9.17) is 4.84 Å². The molecule has 0 bridgehead atoms. The molecule has 1 N–H and O–H groups in total. The van der Waals surface area contributed by atoms with Gasteiger partial charge in [0.15, 0.2) is 0 Å². The molecule has 0 heterocycles. The van der Waals surface area contributed by atoms with Gasteiger partial charge in [-0.15, -0.1) is 13.2 Å². The number of amides is 1. The summed E-state index contributed by atoms with van der Waals surface area (Å²) in [5.41, 5.74) is 1.09. The van der Waals surface area contributed by atoms with Crippen molar-refractivity contribution in [3.8, 4) is 0 Å². The summed E-state index contributed by atoms with van der Waals surface area (Å²) in [7, 11) is 1.55. The topological polar surface area (TPSA) is 58.6 Å². The molecule has 0 aliphatic heterocycles. The summed E-state index contributed by atoms with van der Waals surface area (Å²) in [4.78, 5) is 18.2. The molecule has 0 spiro atoms. The Bertz CT molecular complexity index is 586. The maximum atomic E-state index is 12.5. The lowest BCUT2D eigenvalue weighted by Crippen LogP contribution is -2.44. The predicted molar refractivity (Wildman–Crippen MR) is 97.4 cm³/mol. The van der Waals surface area contributed by atoms with Crippen LogP contribution in [0.3, 0.4) is 0 Å². The molecule has 0 saturated carbocycles. The number of rotatable bonds is 10. The maximum Gasteiger partial charge on any atom is 0.250 e. The number of aryl methyl sites for hydroxylation is 1. The minimum absolute atomic E-state index is 0.197. The highest BCUT2D eigenvalue weighted by Crippen LogP contribution is 2.18. The van der Waals surface area contributed by atoms with Crippen molar-refractivity contribution in [2.24, 2.45) is 5.92 Å². The van der Waals surface area contributed by atoms with Crippen LogP contribution in [0.2, 0.25) is 0 Å². The fraction of sp³-hybridized carbons (Fsp3) is 0.389. The zero-order chi connectivity index (χ0) is 18.1. The highest BCUT2D eigenvalue weighted by atomic mass is 32.2. The summed E-state index contributed by atoms with van der Waals surface area (Å²) >= 11 is 0. The van der Waals surface area contributed by atoms with Gasteiger partial charge in [0.05, 0.1) is 17.9 Å². The molecule has 0 saturated heterocycles. The maximum absolute atomic E-state index is 12.5. The molecule has 0 aliphatic carbocycles. The van der Waals surface area contributed by atoms with Crippen LogP contribution in [0.15, 0.2) is 54.5 Å². The van der Waals surface area contributed by atoms with Gasteiger partial charge < -0.3 is 0 Å². The second-order valence-electron chi connectivity index (χ2n) is 5.45. The van der Waals surface area contributed by atoms with Crippen LogP contribution in [-0.4, -0.2) is 35.4 Å². The number of benzene rings is 1. The Hall–Kier alpha value is -1.76. The standard InChI is InChI=1S/C18H26N2O3S/c1-6-8-9-16(18(21)20(4)23-5)17(7-2)19-24(22)15-12-10-14(3)11-13-15/h6-7,10-13,16-17,19H,1-2,8-9H2,3-5H3/t16-,17+,24+/m1/s1. The van der Waals surface area contributed by atoms with E-state index in [2.05, 4.69) is 17.9 Å². The lowest BCUT2D eigenvalue weighted by Gasteiger charge is -2.27. The van der Waals surface area contributed by atoms with E-state index in [1.165, 1.54) is 12.2 Å². The van der Waals surface area contributed by atoms with Gasteiger partial charge in [0, 0.05) is 13.1 Å². The van der Waals surface area contributed by atoms with Crippen molar-refractivity contribution in [3.63, 3.8) is 0 Å². The Morgan fingerprint density at radius 2 is 2.00 bits per heavy atom. The van der Waals surface area contributed by atoms with Gasteiger partial charge in [0.25, 0.3) is 5.91 Å². The molecular formula is C18H26N2O3S. The van der Waals surface area contributed by atoms with Crippen LogP contribution >= 0.6 is 0 Å². The van der Waals surface area contributed by atoms with E-state index in [9.17, 15) is 9.00 Å². The van der Waals surface area contributed by atoms with Crippen LogP contribution in [0.25, 0.3) is 0 Å². The molecular weight excluding hydrogens is 324 g/mol. The van der Waals surface area contributed by atoms with Crippen LogP contribution < -0.4 is 4.72 Å². The van der Waals surface area contributed by atoms with Crippen molar-refractivity contribution in [1.29, 1.82) is 0 Å². The van der Waals surface area contributed by atoms with Gasteiger partial charge >= 0.3 is 0 Å². The Labute approximate surface area is 146 Å². The van der Waals surface area contributed by atoms with E-state index in [-0.39, 0.29) is 5.91 Å². The van der Waals surface area contributed by atoms with Crippen molar-refractivity contribution >= 4 is 16.9 Å². The molecule has 0 aromatic heterocycles. The number of hydrogen-bond acceptors (Lipinski definition) is 3. The van der Waals surface area contributed by atoms with E-state index in [0.29, 0.717) is 17.7 Å². The van der Waals surface area contributed by atoms with Gasteiger partial charge in [-0.25, -0.2) is 14.0 Å². The van der Waals surface area contributed by atoms with E-state index in [1.807, 2.05) is 19.1 Å². The van der Waals surface area contributed by atoms with Crippen LogP contribution in [0.4, 0.5) is 0 Å². The van der Waals surface area contributed by atoms with Gasteiger partial charge in [-0.3, -0.25) is 9.63 Å². The number of nitrogens with one attached hydrogen (secondary N) is 1. The number of carbonyl (C=O) groups is 1. The summed E-state index contributed by atoms with van der Waals surface area (Å²) < 4.78 is 15.5. The normalized spacial score (nSPS) is 14.5. The molecule has 1 rings (SSSR count). The molecule has 0 radical (unpaired) electrons. The Kier molecular flexibility index (Phi) is 8.60. The van der Waals surface area contributed by atoms with Crippen molar-refractivity contribution in [2.45, 2.75) is 30.7 Å². The third kappa shape index (κ3) is 5.70. The van der Waals surface area contributed by atoms with E-state index in [0.717, 1.165) is 5.56 Å². The fourth-order valence-electron chi connectivity index (χ4n) is 2.23. The first-order chi connectivity index (χ1) is 11.4. The largest absolute Gasteiger partial charge is 0.275 e. The quantitative estimate of drug-likeness (QED) is 0.521. The second-order valence-corrected chi connectivity index (χ2v) is 6.70. The molecule has 5 nitrogen and oxygen atoms in total. The Morgan fingerprint density at radius 1 is 1.38 bits per heavy atom. The first-order valence-electron chi connectivity index (χ1n) is 7.74. The number of carbonyl (C=O) groups excluding carboxylic acids is 1. The average molecular weight is 350 g/mol. The fourth-order valence-corrected chi connectivity index (χ4v) is 3.25. The van der Waals surface area contributed by atoms with Crippen molar-refractivity contribution in [3.05, 3.63) is 55.1 Å². The summed E-state index contributed by atoms with van der Waals surface area (Å²) in [5.74, 6) is -0.641. The van der Waals surface area contributed by atoms with E-state index >= 15 is 0 Å². The van der Waals surface area contributed by atoms with Gasteiger partial charge in [0.1, 0.15) is 11.0 Å². The second kappa shape index (κ2) is 10.2. The monoisotopic (exact) mass is 350 g/mol. The molecule has 1 amide bonds. The zero-order valence-electron chi connectivity index (χ0n) is 14.5. The molecule has 1 aromatic carbocycles. The first-order valence-corrected chi connectivity index (χ1v) is 8.89. The number of allylic oxidation sites excluding steroid dienone is 1. The van der Waals surface area contributed by atoms with Gasteiger partial charge in [-0.1, -0.05) is 29.8 Å². The van der Waals surface area contributed by atoms with Crippen LogP contribution in [-0.2, 0) is 20.6 Å². The zero-order valence-corrected chi connectivity index (χ0v) is 15.3. The molecule has 6 heteroatoms. The first kappa shape index (κ1) is 20.3. The van der Waals surface area contributed by atoms with Crippen LogP contribution in [0.5, 0.6) is 0 Å². The minimum atomic E-state index is -1.44. The molecule has 0 aliphatic rings. The van der Waals surface area contributed by atoms with Crippen molar-refractivity contribution in [2.75, 3.05) is 14.2 Å². The average Bonchev–Trinajstić information content (AvgIpc) is 2.60. The summed E-state index contributed by atoms with van der Waals surface area (Å²) in [5, 5.41) is 1.18. The van der Waals surface area contributed by atoms with Crippen molar-refractivity contribution in [1.82, 2.24) is 9.79 Å². The van der Waals surface area contributed by atoms with Gasteiger partial charge in [0.2, 0.25) is 0 Å². The Balaban J connectivity index is 2.93. The van der Waals surface area contributed by atoms with E-state index in [1.54, 1.807) is 31.3 Å². The number of nitrogens with zero attached hydrogens (tertiary/aromatic N) is 1. The molecule has 0 unspecified atom stereocenters. The highest BCUT2D eigenvalue weighted by Gasteiger charge is 2.29. The van der Waals surface area contributed by atoms with Crippen LogP contribution in [0, 0.1) is 12.8 Å². The summed E-state index contributed by atoms with van der Waals surface area (Å²) in [6.07, 6.45) is 4.59. The number of hydroxylamine groups is 2. The van der Waals surface area contributed by atoms with E-state index < -0.39 is 22.9 Å². The molecule has 24 heavy (non-hydrogen) atoms. The molecule has 0 fully saturated rings. The third-order valence-electron chi connectivity index (χ3n) is 3.75. The van der Waals surface area contributed by atoms with Crippen molar-refractivity contribution < 1.29 is 13.8 Å². The smallest absolute Gasteiger partial charge is 0.250 e. The van der Waals surface area contributed by atoms with Gasteiger partial charge in [-0.2, -0.15) is 0 Å². The molecule has 3 atom stereocenters. The Morgan fingerprint density at radius 3 is 2.50 bits per heavy atom. The summed E-state index contributed by atoms with van der Waals surface area (Å²) in [6.45, 7) is 9.45. The SMILES string of the molecule is C=CCC[C@@H](C(=O)N(C)OC)[C@H](C=C)N[S@@](=O)c1ccc(C)cc1. The molecule has 1 aromatic rings. The third-order valence-corrected chi connectivity index (χ3v) is 4.94. The lowest BCUT2D eigenvalue weighted by atomic mass is 9.94. The van der Waals surface area contributed by atoms with Gasteiger partial charge in [-0.05, 0) is 31.9 Å². The highest BCUT2D eigenvalue weighted by molar-refractivity contribution is 7.83. The predicted octanol–water partition coefficient (Wildman–Crippen LogP) is 2.76. The number of hydrogen-bond donors (Lipinski definition) is 1. The summed E-state index contributed by atoms with van der Waals surface area (Å²) in [6, 6.07) is 6.96. The minimum Gasteiger partial charge on any atom is -0.275 e. The lowest BCUT2D eigenvalue weighted by molar-refractivity contribution is -0.174. The van der Waals surface area contributed by atoms with Crippen LogP contribution in [0.1, 0.15) is 18.4 Å².